The van der Waals surface area contributed by atoms with E-state index in [1.165, 1.54) is 0 Å². The van der Waals surface area contributed by atoms with Gasteiger partial charge in [-0.3, -0.25) is 4.79 Å². The average molecular weight is 380 g/mol. The van der Waals surface area contributed by atoms with Gasteiger partial charge in [-0.25, -0.2) is 0 Å². The van der Waals surface area contributed by atoms with Gasteiger partial charge in [0.25, 0.3) is 0 Å². The van der Waals surface area contributed by atoms with Crippen LogP contribution in [-0.2, 0) is 4.79 Å². The second kappa shape index (κ2) is 11.8. The summed E-state index contributed by atoms with van der Waals surface area (Å²) in [6.45, 7) is 3.21. The fourth-order valence-corrected chi connectivity index (χ4v) is 2.21. The van der Waals surface area contributed by atoms with Gasteiger partial charge in [-0.05, 0) is 44.5 Å². The van der Waals surface area contributed by atoms with Crippen molar-refractivity contribution in [1.82, 2.24) is 0 Å². The van der Waals surface area contributed by atoms with Crippen molar-refractivity contribution < 1.29 is 9.53 Å². The minimum Gasteiger partial charge on any atom is -0.492 e. The van der Waals surface area contributed by atoms with E-state index >= 15 is 0 Å². The van der Waals surface area contributed by atoms with E-state index in [4.69, 9.17) is 10.5 Å². The molecular formula is C15H24BrClN2O2. The highest BCUT2D eigenvalue weighted by Gasteiger charge is 2.08. The number of hydrogen-bond donors (Lipinski definition) is 2. The standard InChI is InChI=1S/C15H23BrN2O2.ClH/c1-2-20-14-11-12(16)8-9-13(14)18-15(19)7-5-3-4-6-10-17;/h8-9,11H,2-7,10,17H2,1H3,(H,18,19);1H. The molecule has 0 saturated carbocycles. The van der Waals surface area contributed by atoms with Crippen molar-refractivity contribution in [3.8, 4) is 5.75 Å². The zero-order valence-corrected chi connectivity index (χ0v) is 14.8. The summed E-state index contributed by atoms with van der Waals surface area (Å²) < 4.78 is 6.45. The Morgan fingerprint density at radius 2 is 2.00 bits per heavy atom. The molecule has 0 saturated heterocycles. The van der Waals surface area contributed by atoms with Gasteiger partial charge >= 0.3 is 0 Å². The molecule has 1 rings (SSSR count). The molecule has 0 unspecified atom stereocenters. The fourth-order valence-electron chi connectivity index (χ4n) is 1.87. The van der Waals surface area contributed by atoms with Crippen molar-refractivity contribution in [2.75, 3.05) is 18.5 Å². The van der Waals surface area contributed by atoms with Crippen molar-refractivity contribution in [1.29, 1.82) is 0 Å². The molecule has 1 aromatic carbocycles. The van der Waals surface area contributed by atoms with Crippen LogP contribution in [-0.4, -0.2) is 19.1 Å². The molecule has 0 aliphatic heterocycles. The van der Waals surface area contributed by atoms with E-state index in [2.05, 4.69) is 21.2 Å². The largest absolute Gasteiger partial charge is 0.492 e. The van der Waals surface area contributed by atoms with Crippen LogP contribution in [0, 0.1) is 0 Å². The smallest absolute Gasteiger partial charge is 0.224 e. The fraction of sp³-hybridized carbons (Fsp3) is 0.533. The monoisotopic (exact) mass is 378 g/mol. The van der Waals surface area contributed by atoms with Crippen LogP contribution in [0.5, 0.6) is 5.75 Å². The number of rotatable bonds is 9. The molecule has 0 aliphatic rings. The zero-order chi connectivity index (χ0) is 14.8. The first-order valence-electron chi connectivity index (χ1n) is 7.09. The first-order chi connectivity index (χ1) is 9.67. The van der Waals surface area contributed by atoms with Crippen LogP contribution in [0.3, 0.4) is 0 Å². The van der Waals surface area contributed by atoms with Gasteiger partial charge in [-0.15, -0.1) is 12.4 Å². The Morgan fingerprint density at radius 3 is 2.67 bits per heavy atom. The number of carbonyl (C=O) groups is 1. The molecule has 0 radical (unpaired) electrons. The summed E-state index contributed by atoms with van der Waals surface area (Å²) in [6, 6.07) is 5.60. The van der Waals surface area contributed by atoms with E-state index in [9.17, 15) is 4.79 Å². The number of unbranched alkanes of at least 4 members (excludes halogenated alkanes) is 3. The summed E-state index contributed by atoms with van der Waals surface area (Å²) >= 11 is 3.40. The number of amides is 1. The van der Waals surface area contributed by atoms with E-state index in [0.717, 1.165) is 42.4 Å². The Balaban J connectivity index is 0.00000400. The van der Waals surface area contributed by atoms with Crippen LogP contribution < -0.4 is 15.8 Å². The third-order valence-electron chi connectivity index (χ3n) is 2.88. The second-order valence-electron chi connectivity index (χ2n) is 4.57. The van der Waals surface area contributed by atoms with Crippen LogP contribution >= 0.6 is 28.3 Å². The predicted octanol–water partition coefficient (Wildman–Crippen LogP) is 4.12. The van der Waals surface area contributed by atoms with Crippen LogP contribution in [0.4, 0.5) is 5.69 Å². The van der Waals surface area contributed by atoms with Gasteiger partial charge in [0.05, 0.1) is 12.3 Å². The molecule has 4 nitrogen and oxygen atoms in total. The number of ether oxygens (including phenoxy) is 1. The maximum absolute atomic E-state index is 11.9. The maximum Gasteiger partial charge on any atom is 0.224 e. The van der Waals surface area contributed by atoms with Gasteiger partial charge in [0.1, 0.15) is 5.75 Å². The summed E-state index contributed by atoms with van der Waals surface area (Å²) in [4.78, 5) is 11.9. The molecule has 1 amide bonds. The number of carbonyl (C=O) groups excluding carboxylic acids is 1. The van der Waals surface area contributed by atoms with Crippen molar-refractivity contribution in [2.24, 2.45) is 5.73 Å². The Labute approximate surface area is 141 Å². The number of nitrogens with one attached hydrogen (secondary N) is 1. The third-order valence-corrected chi connectivity index (χ3v) is 3.37. The Morgan fingerprint density at radius 1 is 1.29 bits per heavy atom. The number of halogens is 2. The molecule has 0 aliphatic carbocycles. The van der Waals surface area contributed by atoms with E-state index in [-0.39, 0.29) is 18.3 Å². The number of benzene rings is 1. The van der Waals surface area contributed by atoms with Crippen molar-refractivity contribution in [3.63, 3.8) is 0 Å². The number of anilines is 1. The van der Waals surface area contributed by atoms with Gasteiger partial charge in [0, 0.05) is 10.9 Å². The average Bonchev–Trinajstić information content (AvgIpc) is 2.42. The molecule has 0 bridgehead atoms. The molecule has 6 heteroatoms. The lowest BCUT2D eigenvalue weighted by molar-refractivity contribution is -0.116. The summed E-state index contributed by atoms with van der Waals surface area (Å²) in [5.41, 5.74) is 6.16. The van der Waals surface area contributed by atoms with Gasteiger partial charge in [0.15, 0.2) is 0 Å². The van der Waals surface area contributed by atoms with E-state index in [1.807, 2.05) is 25.1 Å². The van der Waals surface area contributed by atoms with Crippen molar-refractivity contribution >= 4 is 39.9 Å². The van der Waals surface area contributed by atoms with E-state index in [0.29, 0.717) is 18.8 Å². The van der Waals surface area contributed by atoms with E-state index in [1.54, 1.807) is 0 Å². The van der Waals surface area contributed by atoms with Crippen LogP contribution in [0.15, 0.2) is 22.7 Å². The summed E-state index contributed by atoms with van der Waals surface area (Å²) in [6.07, 6.45) is 4.59. The van der Waals surface area contributed by atoms with Crippen LogP contribution in [0.1, 0.15) is 39.0 Å². The van der Waals surface area contributed by atoms with Gasteiger partial charge in [0.2, 0.25) is 5.91 Å². The molecular weight excluding hydrogens is 356 g/mol. The van der Waals surface area contributed by atoms with Crippen LogP contribution in [0.25, 0.3) is 0 Å². The molecule has 0 heterocycles. The van der Waals surface area contributed by atoms with Gasteiger partial charge in [-0.1, -0.05) is 28.8 Å². The van der Waals surface area contributed by atoms with E-state index < -0.39 is 0 Å². The van der Waals surface area contributed by atoms with Crippen molar-refractivity contribution in [3.05, 3.63) is 22.7 Å². The molecule has 0 fully saturated rings. The third kappa shape index (κ3) is 8.29. The SMILES string of the molecule is CCOc1cc(Br)ccc1NC(=O)CCCCCCN.Cl. The Kier molecular flexibility index (Phi) is 11.4. The lowest BCUT2D eigenvalue weighted by Crippen LogP contribution is -2.12. The predicted molar refractivity (Wildman–Crippen MR) is 93.3 cm³/mol. The normalized spacial score (nSPS) is 9.86. The number of hydrogen-bond acceptors (Lipinski definition) is 3. The topological polar surface area (TPSA) is 64.3 Å². The molecule has 120 valence electrons. The highest BCUT2D eigenvalue weighted by atomic mass is 79.9. The Bertz CT molecular complexity index is 430. The molecule has 0 spiro atoms. The first-order valence-corrected chi connectivity index (χ1v) is 7.89. The molecule has 1 aromatic rings. The highest BCUT2D eigenvalue weighted by Crippen LogP contribution is 2.28. The van der Waals surface area contributed by atoms with Gasteiger partial charge in [-0.2, -0.15) is 0 Å². The minimum absolute atomic E-state index is 0. The quantitative estimate of drug-likeness (QED) is 0.634. The molecule has 21 heavy (non-hydrogen) atoms. The van der Waals surface area contributed by atoms with Gasteiger partial charge < -0.3 is 15.8 Å². The molecule has 0 aromatic heterocycles. The summed E-state index contributed by atoms with van der Waals surface area (Å²) in [7, 11) is 0. The number of nitrogens with two attached hydrogens (primary N) is 1. The van der Waals surface area contributed by atoms with Crippen LogP contribution in [0.2, 0.25) is 0 Å². The Hall–Kier alpha value is -0.780. The lowest BCUT2D eigenvalue weighted by Gasteiger charge is -2.12. The highest BCUT2D eigenvalue weighted by molar-refractivity contribution is 9.10. The first kappa shape index (κ1) is 20.2. The zero-order valence-electron chi connectivity index (χ0n) is 12.4. The molecule has 3 N–H and O–H groups in total. The second-order valence-corrected chi connectivity index (χ2v) is 5.49. The summed E-state index contributed by atoms with van der Waals surface area (Å²) in [5.74, 6) is 0.722. The molecule has 0 atom stereocenters. The van der Waals surface area contributed by atoms with Crippen molar-refractivity contribution in [2.45, 2.75) is 39.0 Å². The lowest BCUT2D eigenvalue weighted by atomic mass is 10.1. The minimum atomic E-state index is 0. The maximum atomic E-state index is 11.9. The summed E-state index contributed by atoms with van der Waals surface area (Å²) in [5, 5.41) is 2.90.